The third-order valence-electron chi connectivity index (χ3n) is 3.92. The number of anilines is 1. The zero-order chi connectivity index (χ0) is 17.3. The Kier molecular flexibility index (Phi) is 4.86. The molecule has 8 heteroatoms. The molecule has 1 aromatic carbocycles. The second-order valence-corrected chi connectivity index (χ2v) is 7.27. The van der Waals surface area contributed by atoms with Gasteiger partial charge < -0.3 is 15.5 Å². The van der Waals surface area contributed by atoms with Gasteiger partial charge in [0.1, 0.15) is 5.82 Å². The van der Waals surface area contributed by atoms with Crippen LogP contribution in [0.3, 0.4) is 0 Å². The number of carbonyl (C=O) groups is 2. The van der Waals surface area contributed by atoms with Crippen LogP contribution in [0.5, 0.6) is 0 Å². The Bertz CT molecular complexity index is 774. The first-order valence-corrected chi connectivity index (χ1v) is 9.01. The number of hydrogen-bond donors (Lipinski definition) is 1. The minimum Gasteiger partial charge on any atom is -0.367 e. The first-order chi connectivity index (χ1) is 11.5. The Labute approximate surface area is 151 Å². The highest BCUT2D eigenvalue weighted by Crippen LogP contribution is 2.29. The van der Waals surface area contributed by atoms with E-state index in [-0.39, 0.29) is 11.5 Å². The highest BCUT2D eigenvalue weighted by Gasteiger charge is 2.26. The first-order valence-electron chi connectivity index (χ1n) is 7.34. The second-order valence-electron chi connectivity index (χ2n) is 5.40. The van der Waals surface area contributed by atoms with Crippen molar-refractivity contribution in [3.05, 3.63) is 50.4 Å². The van der Waals surface area contributed by atoms with Gasteiger partial charge in [-0.2, -0.15) is 0 Å². The molecule has 1 fully saturated rings. The van der Waals surface area contributed by atoms with Crippen molar-refractivity contribution in [2.45, 2.75) is 0 Å². The number of nitrogens with two attached hydrogens (primary N) is 1. The fourth-order valence-electron chi connectivity index (χ4n) is 2.76. The molecule has 126 valence electrons. The Morgan fingerprint density at radius 3 is 2.50 bits per heavy atom. The third kappa shape index (κ3) is 3.29. The summed E-state index contributed by atoms with van der Waals surface area (Å²) in [6.07, 6.45) is 0. The van der Waals surface area contributed by atoms with Gasteiger partial charge >= 0.3 is 0 Å². The van der Waals surface area contributed by atoms with E-state index in [0.29, 0.717) is 41.2 Å². The largest absolute Gasteiger partial charge is 0.367 e. The second kappa shape index (κ2) is 6.90. The van der Waals surface area contributed by atoms with Crippen LogP contribution in [0.4, 0.5) is 10.1 Å². The zero-order valence-electron chi connectivity index (χ0n) is 12.7. The lowest BCUT2D eigenvalue weighted by Crippen LogP contribution is -2.49. The fourth-order valence-corrected chi connectivity index (χ4v) is 3.87. The van der Waals surface area contributed by atoms with Gasteiger partial charge in [-0.05, 0) is 23.6 Å². The van der Waals surface area contributed by atoms with Gasteiger partial charge in [0.25, 0.3) is 11.8 Å². The topological polar surface area (TPSA) is 66.6 Å². The summed E-state index contributed by atoms with van der Waals surface area (Å²) in [5.74, 6) is -1.45. The maximum absolute atomic E-state index is 14.1. The van der Waals surface area contributed by atoms with E-state index < -0.39 is 11.7 Å². The van der Waals surface area contributed by atoms with E-state index in [9.17, 15) is 14.0 Å². The monoisotopic (exact) mass is 411 g/mol. The molecule has 1 saturated heterocycles. The number of hydrogen-bond acceptors (Lipinski definition) is 4. The molecular formula is C16H15BrFN3O2S. The van der Waals surface area contributed by atoms with Crippen LogP contribution >= 0.6 is 27.3 Å². The Morgan fingerprint density at radius 1 is 1.21 bits per heavy atom. The van der Waals surface area contributed by atoms with Gasteiger partial charge in [0.15, 0.2) is 0 Å². The molecule has 5 nitrogen and oxygen atoms in total. The number of rotatable bonds is 3. The summed E-state index contributed by atoms with van der Waals surface area (Å²) in [6.45, 7) is 2.02. The maximum Gasteiger partial charge on any atom is 0.264 e. The Morgan fingerprint density at radius 2 is 1.92 bits per heavy atom. The maximum atomic E-state index is 14.1. The lowest BCUT2D eigenvalue weighted by Gasteiger charge is -2.36. The van der Waals surface area contributed by atoms with Crippen LogP contribution in [0.25, 0.3) is 0 Å². The number of nitrogens with zero attached hydrogens (tertiary/aromatic N) is 2. The van der Waals surface area contributed by atoms with Crippen molar-refractivity contribution < 1.29 is 14.0 Å². The number of halogens is 2. The van der Waals surface area contributed by atoms with Crippen LogP contribution in [0.2, 0.25) is 0 Å². The molecule has 1 aliphatic rings. The summed E-state index contributed by atoms with van der Waals surface area (Å²) >= 11 is 4.65. The molecule has 0 atom stereocenters. The summed E-state index contributed by atoms with van der Waals surface area (Å²) in [5.41, 5.74) is 5.67. The summed E-state index contributed by atoms with van der Waals surface area (Å²) in [7, 11) is 0. The van der Waals surface area contributed by atoms with E-state index in [0.717, 1.165) is 0 Å². The van der Waals surface area contributed by atoms with Crippen molar-refractivity contribution in [3.63, 3.8) is 0 Å². The molecule has 1 aromatic heterocycles. The van der Waals surface area contributed by atoms with Gasteiger partial charge in [-0.25, -0.2) is 4.39 Å². The summed E-state index contributed by atoms with van der Waals surface area (Å²) in [6, 6.07) is 6.55. The smallest absolute Gasteiger partial charge is 0.264 e. The van der Waals surface area contributed by atoms with Gasteiger partial charge in [0, 0.05) is 30.7 Å². The summed E-state index contributed by atoms with van der Waals surface area (Å²) < 4.78 is 14.6. The van der Waals surface area contributed by atoms with Crippen LogP contribution < -0.4 is 10.6 Å². The molecule has 0 bridgehead atoms. The molecule has 2 aromatic rings. The van der Waals surface area contributed by atoms with Crippen LogP contribution in [0.15, 0.2) is 34.1 Å². The summed E-state index contributed by atoms with van der Waals surface area (Å²) in [5, 5.41) is 1.87. The van der Waals surface area contributed by atoms with Crippen LogP contribution in [0, 0.1) is 5.82 Å². The first kappa shape index (κ1) is 16.9. The predicted octanol–water partition coefficient (Wildman–Crippen LogP) is 2.71. The van der Waals surface area contributed by atoms with Crippen molar-refractivity contribution >= 4 is 44.8 Å². The number of carbonyl (C=O) groups excluding carboxylic acids is 2. The van der Waals surface area contributed by atoms with E-state index in [1.54, 1.807) is 17.0 Å². The van der Waals surface area contributed by atoms with Gasteiger partial charge in [-0.3, -0.25) is 9.59 Å². The lowest BCUT2D eigenvalue weighted by atomic mass is 10.1. The molecule has 2 amide bonds. The van der Waals surface area contributed by atoms with E-state index in [1.165, 1.54) is 17.4 Å². The number of amides is 2. The van der Waals surface area contributed by atoms with Crippen LogP contribution in [0.1, 0.15) is 20.0 Å². The summed E-state index contributed by atoms with van der Waals surface area (Å²) in [4.78, 5) is 28.3. The van der Waals surface area contributed by atoms with E-state index in [1.807, 2.05) is 16.3 Å². The molecule has 2 N–H and O–H groups in total. The fraction of sp³-hybridized carbons (Fsp3) is 0.250. The molecule has 0 aliphatic carbocycles. The average molecular weight is 412 g/mol. The molecule has 0 unspecified atom stereocenters. The molecule has 0 spiro atoms. The average Bonchev–Trinajstić information content (AvgIpc) is 3.07. The van der Waals surface area contributed by atoms with Crippen molar-refractivity contribution in [2.24, 2.45) is 5.73 Å². The van der Waals surface area contributed by atoms with E-state index >= 15 is 0 Å². The van der Waals surface area contributed by atoms with E-state index in [4.69, 9.17) is 5.73 Å². The molecular weight excluding hydrogens is 397 g/mol. The van der Waals surface area contributed by atoms with Crippen molar-refractivity contribution in [1.82, 2.24) is 4.90 Å². The highest BCUT2D eigenvalue weighted by atomic mass is 79.9. The van der Waals surface area contributed by atoms with Crippen LogP contribution in [-0.4, -0.2) is 42.9 Å². The van der Waals surface area contributed by atoms with Gasteiger partial charge in [-0.1, -0.05) is 22.0 Å². The van der Waals surface area contributed by atoms with Crippen molar-refractivity contribution in [1.29, 1.82) is 0 Å². The molecule has 24 heavy (non-hydrogen) atoms. The molecule has 0 radical (unpaired) electrons. The SMILES string of the molecule is NC(=O)c1c(F)cc(Br)cc1N1CCN(C(=O)c2cccs2)CC1. The Hall–Kier alpha value is -1.93. The van der Waals surface area contributed by atoms with Gasteiger partial charge in [0.2, 0.25) is 0 Å². The van der Waals surface area contributed by atoms with Crippen LogP contribution in [-0.2, 0) is 0 Å². The number of primary amides is 1. The van der Waals surface area contributed by atoms with Crippen molar-refractivity contribution in [2.75, 3.05) is 31.1 Å². The van der Waals surface area contributed by atoms with Gasteiger partial charge in [-0.15, -0.1) is 11.3 Å². The normalized spacial score (nSPS) is 14.8. The number of piperazine rings is 1. The van der Waals surface area contributed by atoms with E-state index in [2.05, 4.69) is 15.9 Å². The third-order valence-corrected chi connectivity index (χ3v) is 5.24. The highest BCUT2D eigenvalue weighted by molar-refractivity contribution is 9.10. The lowest BCUT2D eigenvalue weighted by molar-refractivity contribution is 0.0751. The Balaban J connectivity index is 1.78. The standard InChI is InChI=1S/C16H15BrFN3O2S/c17-10-8-11(18)14(15(19)22)12(9-10)20-3-5-21(6-4-20)16(23)13-2-1-7-24-13/h1-2,7-9H,3-6H2,(H2,19,22). The van der Waals surface area contributed by atoms with Gasteiger partial charge in [0.05, 0.1) is 16.1 Å². The molecule has 0 saturated carbocycles. The van der Waals surface area contributed by atoms with Crippen molar-refractivity contribution in [3.8, 4) is 0 Å². The predicted molar refractivity (Wildman–Crippen MR) is 95.1 cm³/mol. The minimum absolute atomic E-state index is 0.000183. The molecule has 1 aliphatic heterocycles. The number of benzene rings is 1. The number of thiophene rings is 1. The quantitative estimate of drug-likeness (QED) is 0.843. The minimum atomic E-state index is -0.799. The molecule has 3 rings (SSSR count). The molecule has 2 heterocycles. The zero-order valence-corrected chi connectivity index (χ0v) is 15.1.